The van der Waals surface area contributed by atoms with Gasteiger partial charge in [0.05, 0.1) is 18.8 Å². The Bertz CT molecular complexity index is 506. The summed E-state index contributed by atoms with van der Waals surface area (Å²) in [5.41, 5.74) is 0. The highest BCUT2D eigenvalue weighted by Crippen LogP contribution is 2.11. The minimum Gasteiger partial charge on any atom is -0.394 e. The first-order valence-electron chi connectivity index (χ1n) is 14.1. The van der Waals surface area contributed by atoms with Crippen molar-refractivity contribution in [3.05, 3.63) is 24.3 Å². The number of allylic oxidation sites excluding steroid dienone is 4. The molecule has 0 fully saturated rings. The van der Waals surface area contributed by atoms with Crippen LogP contribution in [-0.4, -0.2) is 46.1 Å². The average molecular weight is 482 g/mol. The summed E-state index contributed by atoms with van der Waals surface area (Å²) in [7, 11) is 0. The minimum atomic E-state index is -1.16. The molecule has 0 aliphatic heterocycles. The highest BCUT2D eigenvalue weighted by atomic mass is 16.3. The minimum absolute atomic E-state index is 0.174. The summed E-state index contributed by atoms with van der Waals surface area (Å²) < 4.78 is 0. The molecule has 4 N–H and O–H groups in total. The monoisotopic (exact) mass is 481 g/mol. The molecule has 3 atom stereocenters. The van der Waals surface area contributed by atoms with Gasteiger partial charge in [-0.25, -0.2) is 0 Å². The molecule has 34 heavy (non-hydrogen) atoms. The first-order valence-corrected chi connectivity index (χ1v) is 14.1. The van der Waals surface area contributed by atoms with Crippen LogP contribution in [0.1, 0.15) is 129 Å². The summed E-state index contributed by atoms with van der Waals surface area (Å²) in [6.45, 7) is 4.04. The summed E-state index contributed by atoms with van der Waals surface area (Å²) in [5.74, 6) is -0.174. The molecule has 5 heteroatoms. The fourth-order valence-electron chi connectivity index (χ4n) is 3.96. The predicted octanol–water partition coefficient (Wildman–Crippen LogP) is 6.36. The molecule has 200 valence electrons. The largest absolute Gasteiger partial charge is 0.394 e. The van der Waals surface area contributed by atoms with Crippen molar-refractivity contribution in [2.24, 2.45) is 0 Å². The van der Waals surface area contributed by atoms with Crippen LogP contribution in [0.15, 0.2) is 24.3 Å². The Morgan fingerprint density at radius 1 is 0.706 bits per heavy atom. The molecule has 0 aromatic heterocycles. The summed E-state index contributed by atoms with van der Waals surface area (Å²) in [4.78, 5) is 12.2. The highest BCUT2D eigenvalue weighted by Gasteiger charge is 2.26. The Balaban J connectivity index is 3.89. The van der Waals surface area contributed by atoms with Gasteiger partial charge in [0, 0.05) is 6.42 Å². The van der Waals surface area contributed by atoms with Crippen LogP contribution in [0.5, 0.6) is 0 Å². The van der Waals surface area contributed by atoms with Crippen LogP contribution in [0.25, 0.3) is 0 Å². The quantitative estimate of drug-likeness (QED) is 0.0954. The van der Waals surface area contributed by atoms with Crippen LogP contribution in [0.3, 0.4) is 0 Å². The van der Waals surface area contributed by atoms with E-state index in [1.807, 2.05) is 0 Å². The summed E-state index contributed by atoms with van der Waals surface area (Å²) in [6.07, 6.45) is 25.5. The van der Waals surface area contributed by atoms with Crippen molar-refractivity contribution in [1.29, 1.82) is 0 Å². The van der Waals surface area contributed by atoms with Gasteiger partial charge in [0.15, 0.2) is 0 Å². The molecular formula is C29H55NO4. The van der Waals surface area contributed by atoms with Crippen molar-refractivity contribution in [3.8, 4) is 0 Å². The van der Waals surface area contributed by atoms with Gasteiger partial charge in [0.1, 0.15) is 6.10 Å². The van der Waals surface area contributed by atoms with Crippen LogP contribution >= 0.6 is 0 Å². The van der Waals surface area contributed by atoms with E-state index in [0.717, 1.165) is 51.4 Å². The van der Waals surface area contributed by atoms with Gasteiger partial charge in [0.25, 0.3) is 0 Å². The number of hydrogen-bond donors (Lipinski definition) is 4. The smallest absolute Gasteiger partial charge is 0.220 e. The molecule has 0 aromatic rings. The maximum atomic E-state index is 12.2. The molecular weight excluding hydrogens is 426 g/mol. The van der Waals surface area contributed by atoms with E-state index in [-0.39, 0.29) is 12.5 Å². The van der Waals surface area contributed by atoms with E-state index in [1.165, 1.54) is 51.4 Å². The zero-order valence-corrected chi connectivity index (χ0v) is 22.2. The van der Waals surface area contributed by atoms with E-state index in [2.05, 4.69) is 43.5 Å². The van der Waals surface area contributed by atoms with Gasteiger partial charge >= 0.3 is 0 Å². The van der Waals surface area contributed by atoms with Gasteiger partial charge in [-0.3, -0.25) is 4.79 Å². The number of aliphatic hydroxyl groups excluding tert-OH is 3. The molecule has 0 saturated carbocycles. The molecule has 1 amide bonds. The molecule has 0 rings (SSSR count). The van der Waals surface area contributed by atoms with E-state index in [9.17, 15) is 20.1 Å². The second-order valence-corrected chi connectivity index (χ2v) is 9.59. The van der Waals surface area contributed by atoms with Crippen molar-refractivity contribution in [1.82, 2.24) is 5.32 Å². The Labute approximate surface area is 210 Å². The lowest BCUT2D eigenvalue weighted by Crippen LogP contribution is -2.50. The fourth-order valence-corrected chi connectivity index (χ4v) is 3.96. The zero-order valence-electron chi connectivity index (χ0n) is 22.2. The Hall–Kier alpha value is -1.17. The molecule has 0 spiro atoms. The second kappa shape index (κ2) is 24.9. The Morgan fingerprint density at radius 2 is 1.21 bits per heavy atom. The normalized spacial score (nSPS) is 14.6. The predicted molar refractivity (Wildman–Crippen MR) is 144 cm³/mol. The number of carbonyl (C=O) groups excluding carboxylic acids is 1. The van der Waals surface area contributed by atoms with Crippen molar-refractivity contribution >= 4 is 5.91 Å². The number of rotatable bonds is 24. The third kappa shape index (κ3) is 20.2. The summed E-state index contributed by atoms with van der Waals surface area (Å²) >= 11 is 0. The van der Waals surface area contributed by atoms with E-state index in [4.69, 9.17) is 0 Å². The molecule has 0 aromatic carbocycles. The van der Waals surface area contributed by atoms with Crippen molar-refractivity contribution < 1.29 is 20.1 Å². The topological polar surface area (TPSA) is 89.8 Å². The molecule has 0 heterocycles. The number of nitrogens with one attached hydrogen (secondary N) is 1. The van der Waals surface area contributed by atoms with Gasteiger partial charge in [-0.05, 0) is 57.8 Å². The molecule has 0 bridgehead atoms. The van der Waals surface area contributed by atoms with Gasteiger partial charge in [0.2, 0.25) is 5.91 Å². The third-order valence-electron chi connectivity index (χ3n) is 6.28. The molecule has 5 nitrogen and oxygen atoms in total. The summed E-state index contributed by atoms with van der Waals surface area (Å²) in [6, 6.07) is -0.825. The number of unbranched alkanes of at least 4 members (excludes halogenated alkanes) is 12. The molecule has 3 unspecified atom stereocenters. The lowest BCUT2D eigenvalue weighted by molar-refractivity contribution is -0.124. The fraction of sp³-hybridized carbons (Fsp3) is 0.828. The van der Waals surface area contributed by atoms with Gasteiger partial charge < -0.3 is 20.6 Å². The second-order valence-electron chi connectivity index (χ2n) is 9.59. The standard InChI is InChI=1S/C29H55NO4/c1-3-5-7-9-11-13-15-17-19-21-23-27(32)29(34)26(25-31)30-28(33)24-22-20-18-16-14-12-10-8-6-4-2/h10,12,15,17,26-27,29,31-32,34H,3-9,11,13-14,16,18-25H2,1-2H3,(H,30,33)/b12-10-,17-15+. The lowest BCUT2D eigenvalue weighted by Gasteiger charge is -2.26. The van der Waals surface area contributed by atoms with Crippen LogP contribution in [0.4, 0.5) is 0 Å². The summed E-state index contributed by atoms with van der Waals surface area (Å²) in [5, 5.41) is 32.9. The Kier molecular flexibility index (Phi) is 24.1. The van der Waals surface area contributed by atoms with E-state index >= 15 is 0 Å². The van der Waals surface area contributed by atoms with Crippen LogP contribution < -0.4 is 5.32 Å². The van der Waals surface area contributed by atoms with Crippen molar-refractivity contribution in [3.63, 3.8) is 0 Å². The lowest BCUT2D eigenvalue weighted by atomic mass is 10.0. The first kappa shape index (κ1) is 32.8. The number of amides is 1. The SMILES string of the molecule is CCCC/C=C\CCCCCCC(=O)NC(CO)C(O)C(O)CCC/C=C/CCCCCCC. The number of carbonyl (C=O) groups is 1. The highest BCUT2D eigenvalue weighted by molar-refractivity contribution is 5.76. The molecule has 0 aliphatic carbocycles. The van der Waals surface area contributed by atoms with E-state index < -0.39 is 18.2 Å². The van der Waals surface area contributed by atoms with E-state index in [0.29, 0.717) is 12.8 Å². The molecule has 0 saturated heterocycles. The van der Waals surface area contributed by atoms with Crippen molar-refractivity contribution in [2.45, 2.75) is 148 Å². The number of aliphatic hydroxyl groups is 3. The van der Waals surface area contributed by atoms with Crippen LogP contribution in [0, 0.1) is 0 Å². The maximum Gasteiger partial charge on any atom is 0.220 e. The van der Waals surface area contributed by atoms with Gasteiger partial charge in [-0.15, -0.1) is 0 Å². The van der Waals surface area contributed by atoms with Gasteiger partial charge in [-0.1, -0.05) is 89.5 Å². The number of hydrogen-bond acceptors (Lipinski definition) is 4. The third-order valence-corrected chi connectivity index (χ3v) is 6.28. The van der Waals surface area contributed by atoms with Crippen molar-refractivity contribution in [2.75, 3.05) is 6.61 Å². The van der Waals surface area contributed by atoms with E-state index in [1.54, 1.807) is 0 Å². The Morgan fingerprint density at radius 3 is 1.76 bits per heavy atom. The maximum absolute atomic E-state index is 12.2. The van der Waals surface area contributed by atoms with Gasteiger partial charge in [-0.2, -0.15) is 0 Å². The van der Waals surface area contributed by atoms with Crippen LogP contribution in [0.2, 0.25) is 0 Å². The molecule has 0 radical (unpaired) electrons. The molecule has 0 aliphatic rings. The van der Waals surface area contributed by atoms with Crippen LogP contribution in [-0.2, 0) is 4.79 Å². The average Bonchev–Trinajstić information content (AvgIpc) is 2.84. The first-order chi connectivity index (χ1) is 16.6. The zero-order chi connectivity index (χ0) is 25.3.